The van der Waals surface area contributed by atoms with Crippen molar-refractivity contribution in [3.05, 3.63) is 90.0 Å². The first-order chi connectivity index (χ1) is 24.0. The van der Waals surface area contributed by atoms with Gasteiger partial charge in [-0.25, -0.2) is 14.6 Å². The molecule has 0 unspecified atom stereocenters. The zero-order valence-corrected chi connectivity index (χ0v) is 31.0. The maximum Gasteiger partial charge on any atom is 0.407 e. The number of rotatable bonds is 15. The van der Waals surface area contributed by atoms with E-state index in [0.717, 1.165) is 22.3 Å². The molecule has 11 nitrogen and oxygen atoms in total. The Balaban J connectivity index is 1.92. The number of pyridine rings is 1. The number of nitrogens with one attached hydrogen (secondary N) is 4. The Kier molecular flexibility index (Phi) is 14.9. The van der Waals surface area contributed by atoms with E-state index >= 15 is 0 Å². The molecule has 1 heterocycles. The van der Waals surface area contributed by atoms with Crippen LogP contribution in [0, 0.1) is 16.8 Å². The van der Waals surface area contributed by atoms with Gasteiger partial charge in [0.15, 0.2) is 0 Å². The van der Waals surface area contributed by atoms with Gasteiger partial charge in [0.05, 0.1) is 20.3 Å². The molecular weight excluding hydrogens is 653 g/mol. The number of carbonyl (C=O) groups excluding carboxylic acids is 3. The molecule has 51 heavy (non-hydrogen) atoms. The third-order valence-corrected chi connectivity index (χ3v) is 8.81. The van der Waals surface area contributed by atoms with Gasteiger partial charge in [0, 0.05) is 36.4 Å². The molecule has 0 spiro atoms. The molecule has 1 aromatic heterocycles. The molecule has 2 aromatic carbocycles. The Morgan fingerprint density at radius 2 is 1.35 bits per heavy atom. The number of alkyl carbamates (subject to hydrolysis) is 2. The van der Waals surface area contributed by atoms with Crippen LogP contribution in [0.1, 0.15) is 59.1 Å². The highest BCUT2D eigenvalue weighted by Gasteiger charge is 2.35. The summed E-state index contributed by atoms with van der Waals surface area (Å²) in [6.07, 6.45) is 0.270. The minimum absolute atomic E-state index is 0.178. The van der Waals surface area contributed by atoms with Crippen molar-refractivity contribution >= 4 is 18.1 Å². The Bertz CT molecular complexity index is 1540. The third-order valence-electron chi connectivity index (χ3n) is 8.81. The number of aliphatic hydroxyl groups excluding tert-OH is 1. The van der Waals surface area contributed by atoms with E-state index in [1.165, 1.54) is 26.5 Å². The van der Waals surface area contributed by atoms with Crippen LogP contribution >= 0.6 is 0 Å². The van der Waals surface area contributed by atoms with Crippen molar-refractivity contribution in [2.75, 3.05) is 20.8 Å². The zero-order valence-electron chi connectivity index (χ0n) is 31.0. The second-order valence-corrected chi connectivity index (χ2v) is 15.0. The monoisotopic (exact) mass is 707 g/mol. The van der Waals surface area contributed by atoms with Gasteiger partial charge in [0.1, 0.15) is 6.04 Å². The molecule has 3 amide bonds. The van der Waals surface area contributed by atoms with Crippen molar-refractivity contribution in [3.63, 3.8) is 0 Å². The van der Waals surface area contributed by atoms with E-state index in [0.29, 0.717) is 19.4 Å². The number of amides is 3. The van der Waals surface area contributed by atoms with Crippen molar-refractivity contribution < 1.29 is 33.4 Å². The van der Waals surface area contributed by atoms with Gasteiger partial charge in [-0.05, 0) is 58.9 Å². The standard InChI is InChI=1S/C39H54FN5O6/c1-38(2,3)32(44-36(48)50-7)24-41-30(21-26-14-16-27(17-15-26)28-18-19-33(40)42-23-28)31(46)22-29(20-25-12-10-9-11-13-25)43-35(47)34(39(4,5)6)45-37(49)51-8/h9-19,23,29-32,34,41,46H,20-22,24H2,1-8H3,(H,43,47)(H,44,48)(H,45,49)/t29-,30-,31-,32+,34+/m0/s1. The van der Waals surface area contributed by atoms with E-state index in [1.54, 1.807) is 6.07 Å². The van der Waals surface area contributed by atoms with Crippen LogP contribution in [-0.4, -0.2) is 79.2 Å². The lowest BCUT2D eigenvalue weighted by molar-refractivity contribution is -0.126. The first kappa shape index (κ1) is 40.9. The van der Waals surface area contributed by atoms with E-state index in [2.05, 4.69) is 26.3 Å². The van der Waals surface area contributed by atoms with Crippen LogP contribution in [0.2, 0.25) is 0 Å². The van der Waals surface area contributed by atoms with Crippen LogP contribution in [0.15, 0.2) is 72.9 Å². The van der Waals surface area contributed by atoms with E-state index in [4.69, 9.17) is 9.47 Å². The molecular formula is C39H54FN5O6. The quantitative estimate of drug-likeness (QED) is 0.132. The zero-order chi connectivity index (χ0) is 37.8. The predicted molar refractivity (Wildman–Crippen MR) is 195 cm³/mol. The number of aliphatic hydroxyl groups is 1. The maximum absolute atomic E-state index is 13.8. The molecule has 0 aliphatic carbocycles. The smallest absolute Gasteiger partial charge is 0.407 e. The minimum Gasteiger partial charge on any atom is -0.453 e. The van der Waals surface area contributed by atoms with Gasteiger partial charge in [-0.15, -0.1) is 0 Å². The highest BCUT2D eigenvalue weighted by atomic mass is 19.1. The van der Waals surface area contributed by atoms with Gasteiger partial charge in [0.25, 0.3) is 0 Å². The van der Waals surface area contributed by atoms with Gasteiger partial charge in [-0.2, -0.15) is 4.39 Å². The highest BCUT2D eigenvalue weighted by molar-refractivity contribution is 5.86. The number of hydrogen-bond donors (Lipinski definition) is 5. The molecule has 0 bridgehead atoms. The van der Waals surface area contributed by atoms with E-state index < -0.39 is 53.7 Å². The second-order valence-electron chi connectivity index (χ2n) is 15.0. The number of methoxy groups -OCH3 is 2. The Hall–Kier alpha value is -4.55. The topological polar surface area (TPSA) is 151 Å². The summed E-state index contributed by atoms with van der Waals surface area (Å²) in [5.41, 5.74) is 2.55. The summed E-state index contributed by atoms with van der Waals surface area (Å²) in [7, 11) is 2.56. The van der Waals surface area contributed by atoms with Gasteiger partial charge in [0.2, 0.25) is 11.9 Å². The Morgan fingerprint density at radius 3 is 1.90 bits per heavy atom. The molecule has 0 fully saturated rings. The van der Waals surface area contributed by atoms with Crippen LogP contribution in [0.25, 0.3) is 11.1 Å². The highest BCUT2D eigenvalue weighted by Crippen LogP contribution is 2.24. The van der Waals surface area contributed by atoms with Crippen molar-refractivity contribution in [2.24, 2.45) is 10.8 Å². The number of nitrogens with zero attached hydrogens (tertiary/aromatic N) is 1. The van der Waals surface area contributed by atoms with E-state index in [1.807, 2.05) is 96.1 Å². The summed E-state index contributed by atoms with van der Waals surface area (Å²) in [5.74, 6) is -0.949. The molecule has 0 saturated carbocycles. The van der Waals surface area contributed by atoms with Crippen LogP contribution in [0.3, 0.4) is 0 Å². The molecule has 3 aromatic rings. The maximum atomic E-state index is 13.8. The van der Waals surface area contributed by atoms with Crippen molar-refractivity contribution in [1.82, 2.24) is 26.3 Å². The molecule has 278 valence electrons. The van der Waals surface area contributed by atoms with E-state index in [9.17, 15) is 23.9 Å². The van der Waals surface area contributed by atoms with Crippen LogP contribution in [0.4, 0.5) is 14.0 Å². The summed E-state index contributed by atoms with van der Waals surface area (Å²) in [6.45, 7) is 11.9. The average molecular weight is 708 g/mol. The normalized spacial score (nSPS) is 14.7. The van der Waals surface area contributed by atoms with Gasteiger partial charge in [-0.3, -0.25) is 4.79 Å². The van der Waals surface area contributed by atoms with Gasteiger partial charge in [-0.1, -0.05) is 96.1 Å². The average Bonchev–Trinajstić information content (AvgIpc) is 3.08. The fourth-order valence-corrected chi connectivity index (χ4v) is 5.71. The summed E-state index contributed by atoms with van der Waals surface area (Å²) in [6, 6.07) is 18.1. The van der Waals surface area contributed by atoms with Crippen LogP contribution in [0.5, 0.6) is 0 Å². The lowest BCUT2D eigenvalue weighted by atomic mass is 9.85. The molecule has 12 heteroatoms. The first-order valence-electron chi connectivity index (χ1n) is 17.2. The fraction of sp³-hybridized carbons (Fsp3) is 0.487. The second kappa shape index (κ2) is 18.6. The number of halogens is 1. The SMILES string of the molecule is COC(=O)N[C@H](C(=O)N[C@@H](Cc1ccccc1)C[C@H](O)[C@H](Cc1ccc(-c2ccc(F)nc2)cc1)NC[C@@H](NC(=O)OC)C(C)(C)C)C(C)(C)C. The minimum atomic E-state index is -0.958. The number of ether oxygens (including phenoxy) is 2. The fourth-order valence-electron chi connectivity index (χ4n) is 5.71. The number of aromatic nitrogens is 1. The summed E-state index contributed by atoms with van der Waals surface area (Å²) in [5, 5.41) is 24.1. The number of benzene rings is 2. The molecule has 5 N–H and O–H groups in total. The van der Waals surface area contributed by atoms with Crippen LogP contribution < -0.4 is 21.3 Å². The largest absolute Gasteiger partial charge is 0.453 e. The number of carbonyl (C=O) groups is 3. The summed E-state index contributed by atoms with van der Waals surface area (Å²) in [4.78, 5) is 41.9. The summed E-state index contributed by atoms with van der Waals surface area (Å²) >= 11 is 0. The van der Waals surface area contributed by atoms with Gasteiger partial charge < -0.3 is 35.8 Å². The molecule has 0 radical (unpaired) electrons. The Morgan fingerprint density at radius 1 is 0.765 bits per heavy atom. The van der Waals surface area contributed by atoms with E-state index in [-0.39, 0.29) is 17.9 Å². The Labute approximate surface area is 301 Å². The molecule has 5 atom stereocenters. The summed E-state index contributed by atoms with van der Waals surface area (Å²) < 4.78 is 23.1. The molecule has 0 aliphatic rings. The van der Waals surface area contributed by atoms with Gasteiger partial charge >= 0.3 is 12.2 Å². The predicted octanol–water partition coefficient (Wildman–Crippen LogP) is 5.41. The molecule has 0 aliphatic heterocycles. The first-order valence-corrected chi connectivity index (χ1v) is 17.2. The number of hydrogen-bond acceptors (Lipinski definition) is 8. The lowest BCUT2D eigenvalue weighted by Crippen LogP contribution is -2.57. The molecule has 3 rings (SSSR count). The third kappa shape index (κ3) is 13.3. The van der Waals surface area contributed by atoms with Crippen LogP contribution in [-0.2, 0) is 27.1 Å². The van der Waals surface area contributed by atoms with Crippen molar-refractivity contribution in [2.45, 2.75) is 91.1 Å². The molecule has 0 saturated heterocycles. The van der Waals surface area contributed by atoms with Crippen molar-refractivity contribution in [3.8, 4) is 11.1 Å². The lowest BCUT2D eigenvalue weighted by Gasteiger charge is -2.35. The van der Waals surface area contributed by atoms with Crippen molar-refractivity contribution in [1.29, 1.82) is 0 Å².